The van der Waals surface area contributed by atoms with E-state index < -0.39 is 0 Å². The minimum absolute atomic E-state index is 0.751. The van der Waals surface area contributed by atoms with Gasteiger partial charge in [-0.1, -0.05) is 0 Å². The van der Waals surface area contributed by atoms with E-state index in [1.54, 1.807) is 0 Å². The zero-order chi connectivity index (χ0) is 13.3. The summed E-state index contributed by atoms with van der Waals surface area (Å²) in [5.74, 6) is 0. The van der Waals surface area contributed by atoms with E-state index in [1.807, 2.05) is 6.92 Å². The van der Waals surface area contributed by atoms with Crippen molar-refractivity contribution in [2.75, 3.05) is 18.5 Å². The van der Waals surface area contributed by atoms with Crippen LogP contribution in [0.1, 0.15) is 18.3 Å². The lowest BCUT2D eigenvalue weighted by Crippen LogP contribution is -2.15. The fourth-order valence-electron chi connectivity index (χ4n) is 1.98. The van der Waals surface area contributed by atoms with Crippen LogP contribution in [0, 0.1) is 18.6 Å². The van der Waals surface area contributed by atoms with Gasteiger partial charge in [-0.2, -0.15) is 0 Å². The van der Waals surface area contributed by atoms with Crippen LogP contribution in [0.4, 0.5) is 5.69 Å². The quantitative estimate of drug-likeness (QED) is 0.853. The molecular formula is C14H19N3S. The van der Waals surface area contributed by atoms with E-state index in [9.17, 15) is 0 Å². The lowest BCUT2D eigenvalue weighted by Gasteiger charge is -2.17. The van der Waals surface area contributed by atoms with Gasteiger partial charge in [0.25, 0.3) is 0 Å². The lowest BCUT2D eigenvalue weighted by molar-refractivity contribution is 0.958. The summed E-state index contributed by atoms with van der Waals surface area (Å²) >= 11 is 5.35. The zero-order valence-electron chi connectivity index (χ0n) is 11.3. The molecule has 0 saturated carbocycles. The maximum atomic E-state index is 5.35. The highest BCUT2D eigenvalue weighted by Crippen LogP contribution is 2.19. The van der Waals surface area contributed by atoms with Gasteiger partial charge in [0, 0.05) is 36.4 Å². The first-order valence-electron chi connectivity index (χ1n) is 6.14. The third-order valence-corrected chi connectivity index (χ3v) is 3.68. The summed E-state index contributed by atoms with van der Waals surface area (Å²) in [5, 5.41) is 0. The van der Waals surface area contributed by atoms with Crippen molar-refractivity contribution in [1.82, 2.24) is 9.55 Å². The molecule has 0 aliphatic rings. The van der Waals surface area contributed by atoms with Crippen LogP contribution in [0.2, 0.25) is 0 Å². The molecule has 0 aliphatic carbocycles. The second-order valence-corrected chi connectivity index (χ2v) is 4.89. The molecule has 0 atom stereocenters. The van der Waals surface area contributed by atoms with Gasteiger partial charge in [0.1, 0.15) is 0 Å². The number of rotatable bonds is 3. The Bertz CT molecular complexity index is 592. The fourth-order valence-corrected chi connectivity index (χ4v) is 2.37. The summed E-state index contributed by atoms with van der Waals surface area (Å²) in [6, 6.07) is 8.47. The van der Waals surface area contributed by atoms with Gasteiger partial charge in [-0.25, -0.2) is 0 Å². The van der Waals surface area contributed by atoms with E-state index in [0.29, 0.717) is 0 Å². The molecule has 1 N–H and O–H groups in total. The van der Waals surface area contributed by atoms with Gasteiger partial charge >= 0.3 is 0 Å². The first kappa shape index (κ1) is 12.9. The first-order chi connectivity index (χ1) is 8.54. The summed E-state index contributed by atoms with van der Waals surface area (Å²) < 4.78 is 2.82. The second-order valence-electron chi connectivity index (χ2n) is 4.51. The number of imidazole rings is 1. The van der Waals surface area contributed by atoms with Gasteiger partial charge in [-0.3, -0.25) is 4.57 Å². The fraction of sp³-hybridized carbons (Fsp3) is 0.357. The van der Waals surface area contributed by atoms with E-state index in [-0.39, 0.29) is 0 Å². The molecule has 0 unspecified atom stereocenters. The standard InChI is InChI=1S/C14H19N3S/c1-5-16(4)12-6-8-13(9-7-12)17-11(3)10(2)15-14(17)18/h6-9H,5H2,1-4H3,(H,15,18). The van der Waals surface area contributed by atoms with Crippen molar-refractivity contribution in [1.29, 1.82) is 0 Å². The Morgan fingerprint density at radius 3 is 2.28 bits per heavy atom. The molecule has 4 heteroatoms. The Morgan fingerprint density at radius 1 is 1.22 bits per heavy atom. The summed E-state index contributed by atoms with van der Waals surface area (Å²) in [6.45, 7) is 7.26. The number of nitrogens with one attached hydrogen (secondary N) is 1. The number of aromatic nitrogens is 2. The molecule has 0 bridgehead atoms. The number of aromatic amines is 1. The highest BCUT2D eigenvalue weighted by molar-refractivity contribution is 7.71. The molecule has 1 aromatic heterocycles. The monoisotopic (exact) mass is 261 g/mol. The van der Waals surface area contributed by atoms with Gasteiger partial charge in [-0.05, 0) is 57.3 Å². The van der Waals surface area contributed by atoms with Crippen LogP contribution in [0.3, 0.4) is 0 Å². The highest BCUT2D eigenvalue weighted by atomic mass is 32.1. The molecule has 0 aliphatic heterocycles. The average Bonchev–Trinajstić information content (AvgIpc) is 2.63. The number of hydrogen-bond donors (Lipinski definition) is 1. The maximum Gasteiger partial charge on any atom is 0.182 e. The van der Waals surface area contributed by atoms with E-state index in [2.05, 4.69) is 59.6 Å². The van der Waals surface area contributed by atoms with Crippen molar-refractivity contribution in [3.63, 3.8) is 0 Å². The molecule has 0 amide bonds. The molecule has 3 nitrogen and oxygen atoms in total. The van der Waals surface area contributed by atoms with Gasteiger partial charge in [0.05, 0.1) is 0 Å². The van der Waals surface area contributed by atoms with Crippen LogP contribution >= 0.6 is 12.2 Å². The number of anilines is 1. The topological polar surface area (TPSA) is 24.0 Å². The molecule has 1 aromatic carbocycles. The first-order valence-corrected chi connectivity index (χ1v) is 6.55. The molecule has 2 aromatic rings. The predicted octanol–water partition coefficient (Wildman–Crippen LogP) is 3.61. The Labute approximate surface area is 113 Å². The van der Waals surface area contributed by atoms with Crippen LogP contribution in [0.5, 0.6) is 0 Å². The van der Waals surface area contributed by atoms with Crippen molar-refractivity contribution in [3.8, 4) is 5.69 Å². The van der Waals surface area contributed by atoms with E-state index in [1.165, 1.54) is 5.69 Å². The maximum absolute atomic E-state index is 5.35. The Balaban J connectivity index is 2.44. The van der Waals surface area contributed by atoms with Crippen LogP contribution in [-0.2, 0) is 0 Å². The van der Waals surface area contributed by atoms with Gasteiger partial charge in [0.2, 0.25) is 0 Å². The van der Waals surface area contributed by atoms with E-state index >= 15 is 0 Å². The third-order valence-electron chi connectivity index (χ3n) is 3.40. The zero-order valence-corrected chi connectivity index (χ0v) is 12.1. The number of nitrogens with zero attached hydrogens (tertiary/aromatic N) is 2. The van der Waals surface area contributed by atoms with Crippen molar-refractivity contribution in [3.05, 3.63) is 40.4 Å². The summed E-state index contributed by atoms with van der Waals surface area (Å²) in [4.78, 5) is 5.40. The van der Waals surface area contributed by atoms with Crippen LogP contribution < -0.4 is 4.90 Å². The summed E-state index contributed by atoms with van der Waals surface area (Å²) in [7, 11) is 2.09. The lowest BCUT2D eigenvalue weighted by atomic mass is 10.2. The molecule has 18 heavy (non-hydrogen) atoms. The Hall–Kier alpha value is -1.55. The normalized spacial score (nSPS) is 10.7. The van der Waals surface area contributed by atoms with E-state index in [4.69, 9.17) is 12.2 Å². The molecule has 2 rings (SSSR count). The van der Waals surface area contributed by atoms with Crippen molar-refractivity contribution < 1.29 is 0 Å². The minimum Gasteiger partial charge on any atom is -0.375 e. The van der Waals surface area contributed by atoms with Gasteiger partial charge in [-0.15, -0.1) is 0 Å². The van der Waals surface area contributed by atoms with Crippen molar-refractivity contribution in [2.45, 2.75) is 20.8 Å². The van der Waals surface area contributed by atoms with Crippen LogP contribution in [-0.4, -0.2) is 23.1 Å². The smallest absolute Gasteiger partial charge is 0.182 e. The van der Waals surface area contributed by atoms with Crippen molar-refractivity contribution in [2.24, 2.45) is 0 Å². The molecule has 1 heterocycles. The highest BCUT2D eigenvalue weighted by Gasteiger charge is 2.06. The molecule has 96 valence electrons. The molecule has 0 spiro atoms. The molecule has 0 saturated heterocycles. The largest absolute Gasteiger partial charge is 0.375 e. The Morgan fingerprint density at radius 2 is 1.83 bits per heavy atom. The molecule has 0 fully saturated rings. The molecule has 0 radical (unpaired) electrons. The van der Waals surface area contributed by atoms with Crippen molar-refractivity contribution >= 4 is 17.9 Å². The van der Waals surface area contributed by atoms with Crippen LogP contribution in [0.25, 0.3) is 5.69 Å². The predicted molar refractivity (Wildman–Crippen MR) is 79.4 cm³/mol. The Kier molecular flexibility index (Phi) is 3.57. The average molecular weight is 261 g/mol. The number of benzene rings is 1. The summed E-state index contributed by atoms with van der Waals surface area (Å²) in [5.41, 5.74) is 4.61. The number of H-pyrrole nitrogens is 1. The number of aryl methyl sites for hydroxylation is 1. The molecular weight excluding hydrogens is 242 g/mol. The van der Waals surface area contributed by atoms with Gasteiger partial charge < -0.3 is 9.88 Å². The SMILES string of the molecule is CCN(C)c1ccc(-n2c(C)c(C)[nH]c2=S)cc1. The van der Waals surface area contributed by atoms with E-state index in [0.717, 1.165) is 28.4 Å². The second kappa shape index (κ2) is 4.98. The third kappa shape index (κ3) is 2.20. The van der Waals surface area contributed by atoms with Crippen LogP contribution in [0.15, 0.2) is 24.3 Å². The van der Waals surface area contributed by atoms with Gasteiger partial charge in [0.15, 0.2) is 4.77 Å². The number of hydrogen-bond acceptors (Lipinski definition) is 2. The summed E-state index contributed by atoms with van der Waals surface area (Å²) in [6.07, 6.45) is 0. The minimum atomic E-state index is 0.751.